The van der Waals surface area contributed by atoms with Gasteiger partial charge in [0.15, 0.2) is 0 Å². The monoisotopic (exact) mass is 151 g/mol. The summed E-state index contributed by atoms with van der Waals surface area (Å²) in [5.74, 6) is -0.405. The Hall–Kier alpha value is -1.51. The molecule has 3 heteroatoms. The number of aldehydes is 1. The highest BCUT2D eigenvalue weighted by Gasteiger charge is 1.89. The Morgan fingerprint density at radius 2 is 2.27 bits per heavy atom. The minimum Gasteiger partial charge on any atom is -0.299 e. The molecule has 0 saturated heterocycles. The molecule has 0 aliphatic carbocycles. The molecule has 0 aliphatic heterocycles. The molecule has 0 aliphatic rings. The number of rotatable bonds is 2. The lowest BCUT2D eigenvalue weighted by Crippen LogP contribution is -1.79. The van der Waals surface area contributed by atoms with Crippen LogP contribution in [0, 0.1) is 5.82 Å². The topological polar surface area (TPSA) is 30.0 Å². The quantitative estimate of drug-likeness (QED) is 0.472. The first-order valence-corrected chi connectivity index (χ1v) is 3.05. The van der Waals surface area contributed by atoms with Gasteiger partial charge in [0.2, 0.25) is 0 Å². The van der Waals surface area contributed by atoms with Crippen LogP contribution < -0.4 is 0 Å². The molecule has 0 unspecified atom stereocenters. The normalized spacial score (nSPS) is 10.3. The van der Waals surface area contributed by atoms with Crippen LogP contribution in [-0.4, -0.2) is 11.3 Å². The van der Waals surface area contributed by atoms with Gasteiger partial charge in [0, 0.05) is 6.20 Å². The number of aromatic nitrogens is 1. The van der Waals surface area contributed by atoms with E-state index in [2.05, 4.69) is 4.98 Å². The van der Waals surface area contributed by atoms with Gasteiger partial charge in [0.1, 0.15) is 12.1 Å². The van der Waals surface area contributed by atoms with Crippen LogP contribution in [0.3, 0.4) is 0 Å². The Morgan fingerprint density at radius 3 is 2.91 bits per heavy atom. The van der Waals surface area contributed by atoms with E-state index in [-0.39, 0.29) is 0 Å². The zero-order valence-corrected chi connectivity index (χ0v) is 5.70. The van der Waals surface area contributed by atoms with Gasteiger partial charge >= 0.3 is 0 Å². The molecule has 0 radical (unpaired) electrons. The minimum absolute atomic E-state index is 0.405. The first-order valence-electron chi connectivity index (χ1n) is 3.05. The first kappa shape index (κ1) is 7.60. The van der Waals surface area contributed by atoms with E-state index in [0.717, 1.165) is 6.20 Å². The second-order valence-corrected chi connectivity index (χ2v) is 1.93. The average molecular weight is 151 g/mol. The van der Waals surface area contributed by atoms with Crippen LogP contribution in [-0.2, 0) is 4.79 Å². The van der Waals surface area contributed by atoms with Gasteiger partial charge in [-0.1, -0.05) is 6.08 Å². The third kappa shape index (κ3) is 2.29. The fourth-order valence-corrected chi connectivity index (χ4v) is 0.670. The SMILES string of the molecule is O=CC=Cc1cncc(F)c1. The molecule has 1 aromatic heterocycles. The van der Waals surface area contributed by atoms with Crippen LogP contribution in [0.5, 0.6) is 0 Å². The third-order valence-electron chi connectivity index (χ3n) is 1.09. The molecule has 1 aromatic rings. The standard InChI is InChI=1S/C8H6FNO/c9-8-4-7(2-1-3-11)5-10-6-8/h1-6H. The third-order valence-corrected chi connectivity index (χ3v) is 1.09. The largest absolute Gasteiger partial charge is 0.299 e. The molecule has 0 fully saturated rings. The Labute approximate surface area is 63.4 Å². The smallest absolute Gasteiger partial charge is 0.142 e. The van der Waals surface area contributed by atoms with Gasteiger partial charge in [-0.2, -0.15) is 0 Å². The lowest BCUT2D eigenvalue weighted by molar-refractivity contribution is -0.104. The molecule has 0 spiro atoms. The molecule has 0 atom stereocenters. The average Bonchev–Trinajstić information content (AvgIpc) is 2.01. The molecule has 1 heterocycles. The minimum atomic E-state index is -0.405. The second kappa shape index (κ2) is 3.61. The van der Waals surface area contributed by atoms with E-state index in [4.69, 9.17) is 0 Å². The summed E-state index contributed by atoms with van der Waals surface area (Å²) >= 11 is 0. The highest BCUT2D eigenvalue weighted by molar-refractivity contribution is 5.73. The lowest BCUT2D eigenvalue weighted by atomic mass is 10.2. The predicted molar refractivity (Wildman–Crippen MR) is 39.3 cm³/mol. The molecule has 56 valence electrons. The summed E-state index contributed by atoms with van der Waals surface area (Å²) in [6, 6.07) is 1.30. The summed E-state index contributed by atoms with van der Waals surface area (Å²) in [7, 11) is 0. The Kier molecular flexibility index (Phi) is 2.49. The van der Waals surface area contributed by atoms with Crippen molar-refractivity contribution in [2.24, 2.45) is 0 Å². The van der Waals surface area contributed by atoms with Crippen LogP contribution in [0.25, 0.3) is 6.08 Å². The van der Waals surface area contributed by atoms with E-state index < -0.39 is 5.82 Å². The van der Waals surface area contributed by atoms with E-state index in [1.165, 1.54) is 24.4 Å². The van der Waals surface area contributed by atoms with Crippen molar-refractivity contribution in [3.8, 4) is 0 Å². The van der Waals surface area contributed by atoms with E-state index in [9.17, 15) is 9.18 Å². The van der Waals surface area contributed by atoms with Crippen molar-refractivity contribution >= 4 is 12.4 Å². The summed E-state index contributed by atoms with van der Waals surface area (Å²) in [4.78, 5) is 13.5. The number of carbonyl (C=O) groups is 1. The fraction of sp³-hybridized carbons (Fsp3) is 0. The van der Waals surface area contributed by atoms with Crippen molar-refractivity contribution in [3.63, 3.8) is 0 Å². The summed E-state index contributed by atoms with van der Waals surface area (Å²) in [6.07, 6.45) is 5.99. The lowest BCUT2D eigenvalue weighted by Gasteiger charge is -1.89. The number of hydrogen-bond donors (Lipinski definition) is 0. The second-order valence-electron chi connectivity index (χ2n) is 1.93. The molecule has 2 nitrogen and oxygen atoms in total. The number of halogens is 1. The molecule has 1 rings (SSSR count). The summed E-state index contributed by atoms with van der Waals surface area (Å²) < 4.78 is 12.4. The molecule has 0 N–H and O–H groups in total. The molecular weight excluding hydrogens is 145 g/mol. The van der Waals surface area contributed by atoms with E-state index >= 15 is 0 Å². The molecular formula is C8H6FNO. The van der Waals surface area contributed by atoms with Crippen LogP contribution in [0.4, 0.5) is 4.39 Å². The maximum atomic E-state index is 12.4. The van der Waals surface area contributed by atoms with Gasteiger partial charge in [-0.3, -0.25) is 9.78 Å². The highest BCUT2D eigenvalue weighted by Crippen LogP contribution is 2.01. The predicted octanol–water partition coefficient (Wildman–Crippen LogP) is 1.43. The van der Waals surface area contributed by atoms with Crippen molar-refractivity contribution < 1.29 is 9.18 Å². The number of allylic oxidation sites excluding steroid dienone is 1. The number of hydrogen-bond acceptors (Lipinski definition) is 2. The van der Waals surface area contributed by atoms with Crippen LogP contribution in [0.15, 0.2) is 24.5 Å². The van der Waals surface area contributed by atoms with Crippen molar-refractivity contribution in [1.29, 1.82) is 0 Å². The van der Waals surface area contributed by atoms with Crippen molar-refractivity contribution in [1.82, 2.24) is 4.98 Å². The molecule has 0 aromatic carbocycles. The van der Waals surface area contributed by atoms with Gasteiger partial charge in [-0.25, -0.2) is 4.39 Å². The Morgan fingerprint density at radius 1 is 1.45 bits per heavy atom. The van der Waals surface area contributed by atoms with Gasteiger partial charge in [0.25, 0.3) is 0 Å². The zero-order valence-electron chi connectivity index (χ0n) is 5.70. The summed E-state index contributed by atoms with van der Waals surface area (Å²) in [5.41, 5.74) is 0.581. The zero-order chi connectivity index (χ0) is 8.10. The first-order chi connectivity index (χ1) is 5.33. The van der Waals surface area contributed by atoms with E-state index in [1.54, 1.807) is 0 Å². The fourth-order valence-electron chi connectivity index (χ4n) is 0.670. The number of pyridine rings is 1. The molecule has 0 bridgehead atoms. The van der Waals surface area contributed by atoms with Crippen LogP contribution in [0.2, 0.25) is 0 Å². The van der Waals surface area contributed by atoms with Gasteiger partial charge in [-0.05, 0) is 17.7 Å². The van der Waals surface area contributed by atoms with Gasteiger partial charge < -0.3 is 0 Å². The maximum Gasteiger partial charge on any atom is 0.142 e. The Balaban J connectivity index is 2.87. The highest BCUT2D eigenvalue weighted by atomic mass is 19.1. The summed E-state index contributed by atoms with van der Waals surface area (Å²) in [5, 5.41) is 0. The molecule has 0 amide bonds. The van der Waals surface area contributed by atoms with Crippen molar-refractivity contribution in [2.45, 2.75) is 0 Å². The van der Waals surface area contributed by atoms with Crippen LogP contribution in [0.1, 0.15) is 5.56 Å². The van der Waals surface area contributed by atoms with Crippen molar-refractivity contribution in [3.05, 3.63) is 35.9 Å². The van der Waals surface area contributed by atoms with E-state index in [0.29, 0.717) is 11.8 Å². The van der Waals surface area contributed by atoms with Crippen molar-refractivity contribution in [2.75, 3.05) is 0 Å². The Bertz CT molecular complexity index is 283. The summed E-state index contributed by atoms with van der Waals surface area (Å²) in [6.45, 7) is 0. The maximum absolute atomic E-state index is 12.4. The number of carbonyl (C=O) groups excluding carboxylic acids is 1. The van der Waals surface area contributed by atoms with Crippen LogP contribution >= 0.6 is 0 Å². The molecule has 0 saturated carbocycles. The van der Waals surface area contributed by atoms with Gasteiger partial charge in [0.05, 0.1) is 6.20 Å². The van der Waals surface area contributed by atoms with E-state index in [1.807, 2.05) is 0 Å². The van der Waals surface area contributed by atoms with Gasteiger partial charge in [-0.15, -0.1) is 0 Å². The number of nitrogens with zero attached hydrogens (tertiary/aromatic N) is 1. The molecule has 11 heavy (non-hydrogen) atoms.